The molecule has 2 heterocycles. The molecule has 2 aromatic carbocycles. The fraction of sp³-hybridized carbons (Fsp3) is 0.375. The standard InChI is InChI=1S/C24H26N4O6S/c1-3-32-19-10-5-4-9-17(19)27-35(30,31)21-12-20-18(11-15(21)2)28(23(29)14-33-20)13-22-25-24(34-26-22)16-7-6-8-16/h4-5,9-12,16,27H,3,6-8,13-14H2,1-2H3. The second-order valence-electron chi connectivity index (χ2n) is 8.57. The Balaban J connectivity index is 1.43. The lowest BCUT2D eigenvalue weighted by atomic mass is 9.85. The molecule has 0 radical (unpaired) electrons. The third-order valence-corrected chi connectivity index (χ3v) is 7.67. The van der Waals surface area contributed by atoms with Crippen LogP contribution in [0.25, 0.3) is 0 Å². The van der Waals surface area contributed by atoms with Gasteiger partial charge in [0.2, 0.25) is 5.89 Å². The number of aromatic nitrogens is 2. The van der Waals surface area contributed by atoms with E-state index in [4.69, 9.17) is 14.0 Å². The minimum atomic E-state index is -3.96. The molecule has 0 bridgehead atoms. The van der Waals surface area contributed by atoms with E-state index in [9.17, 15) is 13.2 Å². The van der Waals surface area contributed by atoms with Crippen LogP contribution in [-0.2, 0) is 21.4 Å². The highest BCUT2D eigenvalue weighted by Crippen LogP contribution is 2.39. The SMILES string of the molecule is CCOc1ccccc1NS(=O)(=O)c1cc2c(cc1C)N(Cc1noc(C3CCC3)n1)C(=O)CO2. The summed E-state index contributed by atoms with van der Waals surface area (Å²) in [6.07, 6.45) is 3.20. The first kappa shape index (κ1) is 23.2. The van der Waals surface area contributed by atoms with Crippen molar-refractivity contribution in [2.24, 2.45) is 0 Å². The van der Waals surface area contributed by atoms with Gasteiger partial charge in [-0.3, -0.25) is 14.4 Å². The summed E-state index contributed by atoms with van der Waals surface area (Å²) in [5.74, 6) is 1.74. The number of fused-ring (bicyclic) bond motifs is 1. The van der Waals surface area contributed by atoms with Gasteiger partial charge in [-0.05, 0) is 50.5 Å². The molecule has 1 aromatic heterocycles. The fourth-order valence-electron chi connectivity index (χ4n) is 4.12. The lowest BCUT2D eigenvalue weighted by molar-refractivity contribution is -0.121. The summed E-state index contributed by atoms with van der Waals surface area (Å²) in [6.45, 7) is 3.78. The molecule has 184 valence electrons. The first-order chi connectivity index (χ1) is 16.9. The maximum absolute atomic E-state index is 13.3. The Morgan fingerprint density at radius 1 is 1.23 bits per heavy atom. The number of anilines is 2. The summed E-state index contributed by atoms with van der Waals surface area (Å²) >= 11 is 0. The highest BCUT2D eigenvalue weighted by molar-refractivity contribution is 7.92. The number of benzene rings is 2. The number of amides is 1. The van der Waals surface area contributed by atoms with Crippen LogP contribution in [0.3, 0.4) is 0 Å². The molecule has 0 spiro atoms. The van der Waals surface area contributed by atoms with Gasteiger partial charge in [0.25, 0.3) is 15.9 Å². The first-order valence-corrected chi connectivity index (χ1v) is 13.0. The third-order valence-electron chi connectivity index (χ3n) is 6.16. The third kappa shape index (κ3) is 4.55. The molecule has 0 unspecified atom stereocenters. The van der Waals surface area contributed by atoms with Crippen LogP contribution in [0.1, 0.15) is 49.4 Å². The summed E-state index contributed by atoms with van der Waals surface area (Å²) in [4.78, 5) is 18.7. The zero-order chi connectivity index (χ0) is 24.6. The predicted molar refractivity (Wildman–Crippen MR) is 127 cm³/mol. The van der Waals surface area contributed by atoms with E-state index in [1.807, 2.05) is 6.92 Å². The molecule has 1 aliphatic carbocycles. The predicted octanol–water partition coefficient (Wildman–Crippen LogP) is 3.77. The molecule has 11 heteroatoms. The summed E-state index contributed by atoms with van der Waals surface area (Å²) in [5.41, 5.74) is 1.25. The molecule has 1 amide bonds. The van der Waals surface area contributed by atoms with Gasteiger partial charge < -0.3 is 14.0 Å². The van der Waals surface area contributed by atoms with E-state index < -0.39 is 10.0 Å². The Hall–Kier alpha value is -3.60. The van der Waals surface area contributed by atoms with E-state index in [2.05, 4.69) is 14.9 Å². The largest absolute Gasteiger partial charge is 0.492 e. The Bertz CT molecular complexity index is 1370. The molecule has 1 N–H and O–H groups in total. The number of rotatable bonds is 8. The van der Waals surface area contributed by atoms with Crippen molar-refractivity contribution in [1.82, 2.24) is 10.1 Å². The van der Waals surface area contributed by atoms with Crippen LogP contribution in [0.4, 0.5) is 11.4 Å². The topological polar surface area (TPSA) is 124 Å². The second kappa shape index (κ2) is 9.21. The highest BCUT2D eigenvalue weighted by atomic mass is 32.2. The van der Waals surface area contributed by atoms with E-state index in [1.165, 1.54) is 11.0 Å². The highest BCUT2D eigenvalue weighted by Gasteiger charge is 2.31. The first-order valence-electron chi connectivity index (χ1n) is 11.5. The average Bonchev–Trinajstić information content (AvgIpc) is 3.23. The molecule has 1 aliphatic heterocycles. The summed E-state index contributed by atoms with van der Waals surface area (Å²) in [7, 11) is -3.96. The number of hydrogen-bond donors (Lipinski definition) is 1. The Labute approximate surface area is 203 Å². The molecule has 5 rings (SSSR count). The van der Waals surface area contributed by atoms with Gasteiger partial charge >= 0.3 is 0 Å². The number of carbonyl (C=O) groups excluding carboxylic acids is 1. The lowest BCUT2D eigenvalue weighted by Crippen LogP contribution is -2.38. The number of aryl methyl sites for hydroxylation is 1. The van der Waals surface area contributed by atoms with Crippen molar-refractivity contribution < 1.29 is 27.2 Å². The van der Waals surface area contributed by atoms with Crippen molar-refractivity contribution in [3.63, 3.8) is 0 Å². The Morgan fingerprint density at radius 2 is 2.03 bits per heavy atom. The fourth-order valence-corrected chi connectivity index (χ4v) is 5.43. The van der Waals surface area contributed by atoms with Crippen molar-refractivity contribution in [1.29, 1.82) is 0 Å². The van der Waals surface area contributed by atoms with Gasteiger partial charge in [-0.15, -0.1) is 0 Å². The van der Waals surface area contributed by atoms with Gasteiger partial charge in [-0.25, -0.2) is 8.42 Å². The van der Waals surface area contributed by atoms with Crippen molar-refractivity contribution in [3.05, 3.63) is 53.7 Å². The number of nitrogens with one attached hydrogen (secondary N) is 1. The van der Waals surface area contributed by atoms with E-state index in [0.29, 0.717) is 46.9 Å². The molecule has 1 saturated carbocycles. The number of nitrogens with zero attached hydrogens (tertiary/aromatic N) is 3. The second-order valence-corrected chi connectivity index (χ2v) is 10.2. The van der Waals surface area contributed by atoms with Gasteiger partial charge in [0.15, 0.2) is 12.4 Å². The van der Waals surface area contributed by atoms with Crippen LogP contribution < -0.4 is 19.1 Å². The zero-order valence-electron chi connectivity index (χ0n) is 19.5. The van der Waals surface area contributed by atoms with Crippen LogP contribution in [0.2, 0.25) is 0 Å². The molecule has 0 saturated heterocycles. The van der Waals surface area contributed by atoms with Gasteiger partial charge in [-0.1, -0.05) is 23.7 Å². The smallest absolute Gasteiger partial charge is 0.265 e. The summed E-state index contributed by atoms with van der Waals surface area (Å²) in [6, 6.07) is 9.89. The Kier molecular flexibility index (Phi) is 6.10. The number of para-hydroxylation sites is 2. The number of carbonyl (C=O) groups is 1. The maximum atomic E-state index is 13.3. The normalized spacial score (nSPS) is 15.8. The molecule has 35 heavy (non-hydrogen) atoms. The van der Waals surface area contributed by atoms with Gasteiger partial charge in [0.1, 0.15) is 11.5 Å². The monoisotopic (exact) mass is 498 g/mol. The van der Waals surface area contributed by atoms with E-state index in [1.54, 1.807) is 37.3 Å². The van der Waals surface area contributed by atoms with Crippen molar-refractivity contribution in [2.45, 2.75) is 50.5 Å². The molecule has 3 aromatic rings. The van der Waals surface area contributed by atoms with Crippen LogP contribution in [0.15, 0.2) is 45.8 Å². The van der Waals surface area contributed by atoms with Crippen LogP contribution in [0, 0.1) is 6.92 Å². The minimum Gasteiger partial charge on any atom is -0.492 e. The van der Waals surface area contributed by atoms with E-state index in [0.717, 1.165) is 19.3 Å². The average molecular weight is 499 g/mol. The van der Waals surface area contributed by atoms with Crippen LogP contribution >= 0.6 is 0 Å². The molecular weight excluding hydrogens is 472 g/mol. The van der Waals surface area contributed by atoms with Gasteiger partial charge in [0.05, 0.1) is 29.4 Å². The van der Waals surface area contributed by atoms with E-state index >= 15 is 0 Å². The summed E-state index contributed by atoms with van der Waals surface area (Å²) < 4.78 is 45.6. The number of hydrogen-bond acceptors (Lipinski definition) is 8. The maximum Gasteiger partial charge on any atom is 0.265 e. The minimum absolute atomic E-state index is 0.0451. The lowest BCUT2D eigenvalue weighted by Gasteiger charge is -2.29. The Morgan fingerprint density at radius 3 is 2.77 bits per heavy atom. The van der Waals surface area contributed by atoms with Crippen LogP contribution in [-0.4, -0.2) is 37.7 Å². The number of ether oxygens (including phenoxy) is 2. The van der Waals surface area contributed by atoms with Crippen molar-refractivity contribution in [3.8, 4) is 11.5 Å². The van der Waals surface area contributed by atoms with Gasteiger partial charge in [-0.2, -0.15) is 4.98 Å². The molecule has 10 nitrogen and oxygen atoms in total. The van der Waals surface area contributed by atoms with E-state index in [-0.39, 0.29) is 29.7 Å². The van der Waals surface area contributed by atoms with Crippen molar-refractivity contribution >= 4 is 27.3 Å². The molecule has 2 aliphatic rings. The van der Waals surface area contributed by atoms with Gasteiger partial charge in [0, 0.05) is 12.0 Å². The molecule has 0 atom stereocenters. The zero-order valence-corrected chi connectivity index (χ0v) is 20.3. The van der Waals surface area contributed by atoms with Crippen LogP contribution in [0.5, 0.6) is 11.5 Å². The quantitative estimate of drug-likeness (QED) is 0.498. The number of sulfonamides is 1. The summed E-state index contributed by atoms with van der Waals surface area (Å²) in [5, 5.41) is 4.03. The van der Waals surface area contributed by atoms with Crippen molar-refractivity contribution in [2.75, 3.05) is 22.8 Å². The molecular formula is C24H26N4O6S. The molecule has 1 fully saturated rings.